The maximum absolute atomic E-state index is 9.04. The minimum absolute atomic E-state index is 0.0521. The second-order valence-electron chi connectivity index (χ2n) is 10.6. The van der Waals surface area contributed by atoms with Gasteiger partial charge in [-0.15, -0.1) is 0 Å². The molecule has 0 spiro atoms. The molecule has 0 unspecified atom stereocenters. The van der Waals surface area contributed by atoms with Gasteiger partial charge in [0.15, 0.2) is 8.32 Å². The molecule has 0 N–H and O–H groups in total. The van der Waals surface area contributed by atoms with Crippen LogP contribution in [-0.2, 0) is 13.9 Å². The zero-order valence-electron chi connectivity index (χ0n) is 20.6. The van der Waals surface area contributed by atoms with Crippen molar-refractivity contribution in [2.45, 2.75) is 128 Å². The average molecular weight is 436 g/mol. The van der Waals surface area contributed by atoms with Gasteiger partial charge in [-0.25, -0.2) is 0 Å². The molecule has 1 fully saturated rings. The van der Waals surface area contributed by atoms with Crippen LogP contribution in [0.2, 0.25) is 16.6 Å². The Morgan fingerprint density at radius 1 is 1.17 bits per heavy atom. The number of hydrogen-bond acceptors (Lipinski definition) is 4. The van der Waals surface area contributed by atoms with E-state index >= 15 is 0 Å². The Hall–Kier alpha value is -0.673. The first-order valence-electron chi connectivity index (χ1n) is 12.1. The fourth-order valence-electron chi connectivity index (χ4n) is 5.95. The summed E-state index contributed by atoms with van der Waals surface area (Å²) in [6.45, 7) is 19.4. The van der Waals surface area contributed by atoms with Gasteiger partial charge < -0.3 is 13.9 Å². The van der Waals surface area contributed by atoms with Crippen LogP contribution >= 0.6 is 0 Å². The van der Waals surface area contributed by atoms with Gasteiger partial charge in [-0.3, -0.25) is 0 Å². The Labute approximate surface area is 186 Å². The molecule has 2 rings (SSSR count). The topological polar surface area (TPSA) is 51.5 Å². The first-order valence-corrected chi connectivity index (χ1v) is 14.2. The molecule has 5 atom stereocenters. The highest BCUT2D eigenvalue weighted by Crippen LogP contribution is 2.43. The van der Waals surface area contributed by atoms with E-state index in [9.17, 15) is 0 Å². The molecule has 2 aliphatic rings. The summed E-state index contributed by atoms with van der Waals surface area (Å²) in [5.41, 5.74) is 1.57. The van der Waals surface area contributed by atoms with Crippen LogP contribution in [0, 0.1) is 17.2 Å². The maximum Gasteiger partial charge on any atom is 0.200 e. The van der Waals surface area contributed by atoms with Crippen molar-refractivity contribution >= 4 is 8.32 Å². The third-order valence-electron chi connectivity index (χ3n) is 7.52. The Bertz CT molecular complexity index is 590. The van der Waals surface area contributed by atoms with Crippen LogP contribution in [0.25, 0.3) is 0 Å². The summed E-state index contributed by atoms with van der Waals surface area (Å²) in [5.74, 6) is 0.450. The Kier molecular flexibility index (Phi) is 9.18. The number of fused-ring (bicyclic) bond motifs is 1. The average Bonchev–Trinajstić information content (AvgIpc) is 2.79. The SMILES string of the molecule is CC(C)[Si](OCCC[C@@H]1O[C@]2(C)CC=C[C@@H](CC#N)O[C@H]2C[C@@H]1C)(C(C)C)C(C)C. The van der Waals surface area contributed by atoms with Crippen molar-refractivity contribution in [3.05, 3.63) is 12.2 Å². The Balaban J connectivity index is 1.94. The third-order valence-corrected chi connectivity index (χ3v) is 13.6. The summed E-state index contributed by atoms with van der Waals surface area (Å²) < 4.78 is 19.7. The lowest BCUT2D eigenvalue weighted by molar-refractivity contribution is -0.219. The molecule has 172 valence electrons. The summed E-state index contributed by atoms with van der Waals surface area (Å²) in [6, 6.07) is 2.24. The van der Waals surface area contributed by atoms with Gasteiger partial charge in [0.05, 0.1) is 36.4 Å². The minimum atomic E-state index is -1.79. The van der Waals surface area contributed by atoms with Crippen molar-refractivity contribution in [3.8, 4) is 6.07 Å². The number of nitrogens with zero attached hydrogens (tertiary/aromatic N) is 1. The largest absolute Gasteiger partial charge is 0.416 e. The maximum atomic E-state index is 9.04. The normalized spacial score (nSPS) is 32.3. The van der Waals surface area contributed by atoms with Gasteiger partial charge >= 0.3 is 0 Å². The molecule has 0 aromatic carbocycles. The van der Waals surface area contributed by atoms with Crippen LogP contribution in [0.3, 0.4) is 0 Å². The third kappa shape index (κ3) is 5.57. The second-order valence-corrected chi connectivity index (χ2v) is 16.1. The first kappa shape index (κ1) is 25.6. The molecule has 0 saturated carbocycles. The van der Waals surface area contributed by atoms with Crippen molar-refractivity contribution < 1.29 is 13.9 Å². The molecule has 0 aliphatic carbocycles. The van der Waals surface area contributed by atoms with Gasteiger partial charge in [0.1, 0.15) is 0 Å². The molecule has 0 amide bonds. The molecule has 2 heterocycles. The Morgan fingerprint density at radius 2 is 1.80 bits per heavy atom. The van der Waals surface area contributed by atoms with Gasteiger partial charge in [0.25, 0.3) is 0 Å². The van der Waals surface area contributed by atoms with Crippen LogP contribution in [0.15, 0.2) is 12.2 Å². The van der Waals surface area contributed by atoms with E-state index in [-0.39, 0.29) is 23.9 Å². The molecular weight excluding hydrogens is 390 g/mol. The molecule has 0 aromatic heterocycles. The van der Waals surface area contributed by atoms with Crippen molar-refractivity contribution in [1.82, 2.24) is 0 Å². The lowest BCUT2D eigenvalue weighted by Gasteiger charge is -2.47. The zero-order valence-corrected chi connectivity index (χ0v) is 21.6. The lowest BCUT2D eigenvalue weighted by Crippen LogP contribution is -2.53. The van der Waals surface area contributed by atoms with E-state index in [1.54, 1.807) is 0 Å². The standard InChI is InChI=1S/C25H45NO3Si/c1-18(2)30(19(3)4,20(5)6)27-16-10-12-23-21(7)17-24-25(8,29-23)14-9-11-22(28-24)13-15-26/h9,11,18-24H,10,12-14,16-17H2,1-8H3/t21-,22-,23-,24-,25+/m0/s1. The van der Waals surface area contributed by atoms with E-state index in [0.29, 0.717) is 29.0 Å². The van der Waals surface area contributed by atoms with Gasteiger partial charge in [-0.05, 0) is 55.1 Å². The summed E-state index contributed by atoms with van der Waals surface area (Å²) in [6.07, 6.45) is 8.71. The highest BCUT2D eigenvalue weighted by molar-refractivity contribution is 6.77. The fourth-order valence-corrected chi connectivity index (χ4v) is 11.4. The number of rotatable bonds is 9. The quantitative estimate of drug-likeness (QED) is 0.228. The molecule has 2 aliphatic heterocycles. The highest BCUT2D eigenvalue weighted by atomic mass is 28.4. The zero-order chi connectivity index (χ0) is 22.5. The minimum Gasteiger partial charge on any atom is -0.416 e. The van der Waals surface area contributed by atoms with Gasteiger partial charge in [-0.2, -0.15) is 5.26 Å². The summed E-state index contributed by atoms with van der Waals surface area (Å²) in [4.78, 5) is 0. The summed E-state index contributed by atoms with van der Waals surface area (Å²) >= 11 is 0. The van der Waals surface area contributed by atoms with Gasteiger partial charge in [0.2, 0.25) is 0 Å². The fraction of sp³-hybridized carbons (Fsp3) is 0.880. The lowest BCUT2D eigenvalue weighted by atomic mass is 9.81. The first-order chi connectivity index (χ1) is 14.1. The van der Waals surface area contributed by atoms with E-state index in [2.05, 4.69) is 67.5 Å². The molecular formula is C25H45NO3Si. The molecule has 30 heavy (non-hydrogen) atoms. The van der Waals surface area contributed by atoms with E-state index in [0.717, 1.165) is 32.3 Å². The van der Waals surface area contributed by atoms with E-state index in [1.165, 1.54) is 0 Å². The predicted molar refractivity (Wildman–Crippen MR) is 126 cm³/mol. The van der Waals surface area contributed by atoms with Crippen LogP contribution in [-0.4, -0.2) is 38.8 Å². The highest BCUT2D eigenvalue weighted by Gasteiger charge is 2.47. The van der Waals surface area contributed by atoms with Crippen LogP contribution in [0.1, 0.15) is 87.5 Å². The predicted octanol–water partition coefficient (Wildman–Crippen LogP) is 6.77. The molecule has 0 bridgehead atoms. The van der Waals surface area contributed by atoms with Crippen LogP contribution in [0.4, 0.5) is 0 Å². The summed E-state index contributed by atoms with van der Waals surface area (Å²) in [7, 11) is -1.79. The molecule has 4 nitrogen and oxygen atoms in total. The number of ether oxygens (including phenoxy) is 2. The van der Waals surface area contributed by atoms with E-state index in [4.69, 9.17) is 19.2 Å². The van der Waals surface area contributed by atoms with E-state index < -0.39 is 8.32 Å². The van der Waals surface area contributed by atoms with Gasteiger partial charge in [-0.1, -0.05) is 60.6 Å². The Morgan fingerprint density at radius 3 is 2.37 bits per heavy atom. The van der Waals surface area contributed by atoms with Crippen LogP contribution in [0.5, 0.6) is 0 Å². The van der Waals surface area contributed by atoms with E-state index in [1.807, 2.05) is 6.08 Å². The number of hydrogen-bond donors (Lipinski definition) is 0. The monoisotopic (exact) mass is 435 g/mol. The van der Waals surface area contributed by atoms with Crippen molar-refractivity contribution in [2.24, 2.45) is 5.92 Å². The van der Waals surface area contributed by atoms with Crippen molar-refractivity contribution in [3.63, 3.8) is 0 Å². The molecule has 0 radical (unpaired) electrons. The molecule has 0 aromatic rings. The summed E-state index contributed by atoms with van der Waals surface area (Å²) in [5, 5.41) is 9.04. The molecule has 5 heteroatoms. The number of nitriles is 1. The van der Waals surface area contributed by atoms with Crippen LogP contribution < -0.4 is 0 Å². The molecule has 1 saturated heterocycles. The second kappa shape index (κ2) is 10.8. The van der Waals surface area contributed by atoms with Crippen molar-refractivity contribution in [1.29, 1.82) is 5.26 Å². The van der Waals surface area contributed by atoms with Crippen molar-refractivity contribution in [2.75, 3.05) is 6.61 Å². The smallest absolute Gasteiger partial charge is 0.200 e. The van der Waals surface area contributed by atoms with Gasteiger partial charge in [0, 0.05) is 6.61 Å².